The molecule has 0 fully saturated rings. The summed E-state index contributed by atoms with van der Waals surface area (Å²) in [6, 6.07) is 10.5. The van der Waals surface area contributed by atoms with E-state index in [9.17, 15) is 9.90 Å². The fourth-order valence-corrected chi connectivity index (χ4v) is 3.14. The SMILES string of the molecule is Cc1ccc(-n2nnnc2SCC(=O)Nc2c(O)cccc2Cl)cc1C. The molecular formula is C17H16ClN5O2S. The molecule has 3 aromatic rings. The molecule has 0 aliphatic rings. The lowest BCUT2D eigenvalue weighted by Gasteiger charge is -2.09. The van der Waals surface area contributed by atoms with Gasteiger partial charge in [0.2, 0.25) is 11.1 Å². The highest BCUT2D eigenvalue weighted by Crippen LogP contribution is 2.31. The number of nitrogens with zero attached hydrogens (tertiary/aromatic N) is 4. The van der Waals surface area contributed by atoms with Crippen molar-refractivity contribution in [1.29, 1.82) is 0 Å². The maximum Gasteiger partial charge on any atom is 0.234 e. The van der Waals surface area contributed by atoms with Crippen molar-refractivity contribution in [3.05, 3.63) is 52.5 Å². The maximum atomic E-state index is 12.2. The van der Waals surface area contributed by atoms with E-state index in [0.29, 0.717) is 5.16 Å². The van der Waals surface area contributed by atoms with Crippen molar-refractivity contribution in [2.45, 2.75) is 19.0 Å². The van der Waals surface area contributed by atoms with Crippen LogP contribution in [0.4, 0.5) is 5.69 Å². The van der Waals surface area contributed by atoms with Gasteiger partial charge in [0.1, 0.15) is 11.4 Å². The first-order valence-corrected chi connectivity index (χ1v) is 9.08. The lowest BCUT2D eigenvalue weighted by atomic mass is 10.1. The Bertz CT molecular complexity index is 940. The molecule has 7 nitrogen and oxygen atoms in total. The Kier molecular flexibility index (Phi) is 5.43. The van der Waals surface area contributed by atoms with Crippen LogP contribution in [0.5, 0.6) is 5.75 Å². The lowest BCUT2D eigenvalue weighted by Crippen LogP contribution is -2.15. The standard InChI is InChI=1S/C17H16ClN5O2S/c1-10-6-7-12(8-11(10)2)23-17(20-21-22-23)26-9-15(25)19-16-13(18)4-3-5-14(16)24/h3-8,24H,9H2,1-2H3,(H,19,25). The van der Waals surface area contributed by atoms with Gasteiger partial charge >= 0.3 is 0 Å². The number of phenolic OH excluding ortho intramolecular Hbond substituents is 1. The van der Waals surface area contributed by atoms with Crippen LogP contribution in [0.25, 0.3) is 5.69 Å². The Labute approximate surface area is 159 Å². The van der Waals surface area contributed by atoms with Crippen molar-refractivity contribution in [3.63, 3.8) is 0 Å². The number of carbonyl (C=O) groups excluding carboxylic acids is 1. The van der Waals surface area contributed by atoms with Crippen LogP contribution in [0, 0.1) is 13.8 Å². The predicted molar refractivity (Wildman–Crippen MR) is 101 cm³/mol. The Morgan fingerprint density at radius 3 is 2.81 bits per heavy atom. The van der Waals surface area contributed by atoms with Gasteiger partial charge in [-0.15, -0.1) is 5.10 Å². The molecule has 3 rings (SSSR count). The lowest BCUT2D eigenvalue weighted by molar-refractivity contribution is -0.113. The molecule has 2 N–H and O–H groups in total. The number of aromatic hydroxyl groups is 1. The molecule has 0 aliphatic carbocycles. The fourth-order valence-electron chi connectivity index (χ4n) is 2.23. The summed E-state index contributed by atoms with van der Waals surface area (Å²) in [4.78, 5) is 12.2. The van der Waals surface area contributed by atoms with Crippen LogP contribution in [-0.2, 0) is 4.79 Å². The summed E-state index contributed by atoms with van der Waals surface area (Å²) in [5, 5.41) is 24.8. The van der Waals surface area contributed by atoms with Crippen LogP contribution in [0.1, 0.15) is 11.1 Å². The van der Waals surface area contributed by atoms with Gasteiger partial charge < -0.3 is 10.4 Å². The average Bonchev–Trinajstić information content (AvgIpc) is 3.07. The normalized spacial score (nSPS) is 10.7. The van der Waals surface area contributed by atoms with Crippen LogP contribution in [0.3, 0.4) is 0 Å². The van der Waals surface area contributed by atoms with Crippen LogP contribution in [0.2, 0.25) is 5.02 Å². The van der Waals surface area contributed by atoms with Gasteiger partial charge in [0.15, 0.2) is 0 Å². The van der Waals surface area contributed by atoms with Gasteiger partial charge in [-0.2, -0.15) is 4.68 Å². The van der Waals surface area contributed by atoms with Crippen molar-refractivity contribution >= 4 is 35.0 Å². The molecule has 26 heavy (non-hydrogen) atoms. The zero-order valence-corrected chi connectivity index (χ0v) is 15.7. The molecule has 0 bridgehead atoms. The van der Waals surface area contributed by atoms with Crippen LogP contribution >= 0.6 is 23.4 Å². The molecular weight excluding hydrogens is 374 g/mol. The van der Waals surface area contributed by atoms with E-state index in [1.165, 1.54) is 23.4 Å². The number of amides is 1. The van der Waals surface area contributed by atoms with Crippen molar-refractivity contribution in [1.82, 2.24) is 20.2 Å². The summed E-state index contributed by atoms with van der Waals surface area (Å²) in [5.41, 5.74) is 3.31. The zero-order chi connectivity index (χ0) is 18.7. The topological polar surface area (TPSA) is 92.9 Å². The molecule has 1 amide bonds. The number of benzene rings is 2. The number of carbonyl (C=O) groups is 1. The maximum absolute atomic E-state index is 12.2. The van der Waals surface area contributed by atoms with Crippen molar-refractivity contribution in [2.75, 3.05) is 11.1 Å². The van der Waals surface area contributed by atoms with E-state index >= 15 is 0 Å². The average molecular weight is 390 g/mol. The molecule has 134 valence electrons. The number of aromatic nitrogens is 4. The molecule has 0 saturated heterocycles. The van der Waals surface area contributed by atoms with Crippen LogP contribution in [0.15, 0.2) is 41.6 Å². The second-order valence-electron chi connectivity index (χ2n) is 5.61. The number of hydrogen-bond donors (Lipinski definition) is 2. The summed E-state index contributed by atoms with van der Waals surface area (Å²) < 4.78 is 1.58. The van der Waals surface area contributed by atoms with Gasteiger partial charge in [0, 0.05) is 0 Å². The highest BCUT2D eigenvalue weighted by atomic mass is 35.5. The molecule has 9 heteroatoms. The molecule has 0 unspecified atom stereocenters. The molecule has 0 aliphatic heterocycles. The molecule has 2 aromatic carbocycles. The molecule has 1 aromatic heterocycles. The quantitative estimate of drug-likeness (QED) is 0.513. The highest BCUT2D eigenvalue weighted by molar-refractivity contribution is 7.99. The minimum Gasteiger partial charge on any atom is -0.506 e. The fraction of sp³-hybridized carbons (Fsp3) is 0.176. The van der Waals surface area contributed by atoms with Crippen molar-refractivity contribution in [2.24, 2.45) is 0 Å². The monoisotopic (exact) mass is 389 g/mol. The van der Waals surface area contributed by atoms with Crippen molar-refractivity contribution in [3.8, 4) is 11.4 Å². The van der Waals surface area contributed by atoms with E-state index < -0.39 is 0 Å². The molecule has 0 radical (unpaired) electrons. The Morgan fingerprint density at radius 1 is 1.27 bits per heavy atom. The zero-order valence-electron chi connectivity index (χ0n) is 14.1. The molecule has 0 saturated carbocycles. The van der Waals surface area contributed by atoms with Crippen LogP contribution < -0.4 is 5.32 Å². The van der Waals surface area contributed by atoms with E-state index in [-0.39, 0.29) is 28.1 Å². The first-order chi connectivity index (χ1) is 12.5. The predicted octanol–water partition coefficient (Wildman–Crippen LogP) is 3.37. The second-order valence-corrected chi connectivity index (χ2v) is 6.96. The smallest absolute Gasteiger partial charge is 0.234 e. The third kappa shape index (κ3) is 3.97. The summed E-state index contributed by atoms with van der Waals surface area (Å²) in [7, 11) is 0. The second kappa shape index (κ2) is 7.76. The number of halogens is 1. The molecule has 0 spiro atoms. The number of aryl methyl sites for hydroxylation is 2. The van der Waals surface area contributed by atoms with Gasteiger partial charge in [-0.05, 0) is 59.7 Å². The summed E-state index contributed by atoms with van der Waals surface area (Å²) in [5.74, 6) is -0.348. The highest BCUT2D eigenvalue weighted by Gasteiger charge is 2.14. The van der Waals surface area contributed by atoms with Gasteiger partial charge in [0.05, 0.1) is 16.5 Å². The Hall–Kier alpha value is -2.58. The third-order valence-corrected chi connectivity index (χ3v) is 5.00. The first-order valence-electron chi connectivity index (χ1n) is 7.72. The van der Waals surface area contributed by atoms with E-state index in [0.717, 1.165) is 11.3 Å². The number of tetrazole rings is 1. The van der Waals surface area contributed by atoms with Gasteiger partial charge in [-0.1, -0.05) is 35.5 Å². The first kappa shape index (κ1) is 18.2. The molecule has 1 heterocycles. The third-order valence-electron chi connectivity index (χ3n) is 3.76. The summed E-state index contributed by atoms with van der Waals surface area (Å²) >= 11 is 7.18. The van der Waals surface area contributed by atoms with Crippen molar-refractivity contribution < 1.29 is 9.90 Å². The summed E-state index contributed by atoms with van der Waals surface area (Å²) in [6.07, 6.45) is 0. The number of para-hydroxylation sites is 1. The minimum absolute atomic E-state index is 0.0654. The minimum atomic E-state index is -0.326. The van der Waals surface area contributed by atoms with Gasteiger partial charge in [0.25, 0.3) is 0 Å². The molecule has 0 atom stereocenters. The van der Waals surface area contributed by atoms with Gasteiger partial charge in [-0.25, -0.2) is 0 Å². The largest absolute Gasteiger partial charge is 0.506 e. The number of hydrogen-bond acceptors (Lipinski definition) is 6. The Balaban J connectivity index is 1.70. The van der Waals surface area contributed by atoms with Gasteiger partial charge in [-0.3, -0.25) is 4.79 Å². The number of anilines is 1. The summed E-state index contributed by atoms with van der Waals surface area (Å²) in [6.45, 7) is 4.04. The Morgan fingerprint density at radius 2 is 2.08 bits per heavy atom. The van der Waals surface area contributed by atoms with E-state index in [2.05, 4.69) is 20.8 Å². The van der Waals surface area contributed by atoms with E-state index in [1.807, 2.05) is 32.0 Å². The number of nitrogens with one attached hydrogen (secondary N) is 1. The number of rotatable bonds is 5. The number of thioether (sulfide) groups is 1. The van der Waals surface area contributed by atoms with Crippen LogP contribution in [-0.4, -0.2) is 37.0 Å². The van der Waals surface area contributed by atoms with E-state index in [4.69, 9.17) is 11.6 Å². The number of phenols is 1. The van der Waals surface area contributed by atoms with E-state index in [1.54, 1.807) is 16.8 Å².